The van der Waals surface area contributed by atoms with E-state index in [-0.39, 0.29) is 6.10 Å². The minimum atomic E-state index is 0.191. The monoisotopic (exact) mass is 253 g/mol. The summed E-state index contributed by atoms with van der Waals surface area (Å²) in [5.74, 6) is 0.884. The number of halogens is 1. The van der Waals surface area contributed by atoms with E-state index in [0.717, 1.165) is 17.3 Å². The third-order valence-corrected chi connectivity index (χ3v) is 3.45. The maximum Gasteiger partial charge on any atom is 0.119 e. The minimum Gasteiger partial charge on any atom is -0.489 e. The smallest absolute Gasteiger partial charge is 0.119 e. The van der Waals surface area contributed by atoms with Crippen molar-refractivity contribution < 1.29 is 4.74 Å². The third kappa shape index (κ3) is 4.21. The molecule has 1 N–H and O–H groups in total. The highest BCUT2D eigenvalue weighted by atomic mass is 35.5. The topological polar surface area (TPSA) is 21.3 Å². The van der Waals surface area contributed by atoms with Gasteiger partial charge in [-0.05, 0) is 44.0 Å². The van der Waals surface area contributed by atoms with Crippen molar-refractivity contribution in [3.05, 3.63) is 29.3 Å². The normalized spacial score (nSPS) is 18.2. The van der Waals surface area contributed by atoms with E-state index in [1.165, 1.54) is 25.7 Å². The summed E-state index contributed by atoms with van der Waals surface area (Å²) in [6, 6.07) is 8.23. The molecule has 1 aliphatic rings. The van der Waals surface area contributed by atoms with E-state index in [2.05, 4.69) is 12.2 Å². The molecule has 1 saturated carbocycles. The molecule has 1 aromatic rings. The molecule has 0 radical (unpaired) electrons. The van der Waals surface area contributed by atoms with E-state index in [1.807, 2.05) is 24.3 Å². The van der Waals surface area contributed by atoms with Gasteiger partial charge in [0.15, 0.2) is 0 Å². The van der Waals surface area contributed by atoms with Crippen LogP contribution >= 0.6 is 11.6 Å². The lowest BCUT2D eigenvalue weighted by molar-refractivity contribution is 0.211. The third-order valence-electron chi connectivity index (χ3n) is 3.20. The second-order valence-electron chi connectivity index (χ2n) is 4.77. The summed E-state index contributed by atoms with van der Waals surface area (Å²) < 4.78 is 5.81. The van der Waals surface area contributed by atoms with Gasteiger partial charge in [-0.1, -0.05) is 24.4 Å². The molecule has 1 aliphatic carbocycles. The summed E-state index contributed by atoms with van der Waals surface area (Å²) in [5.41, 5.74) is 0. The molecular formula is C14H20ClNO. The molecule has 0 aliphatic heterocycles. The lowest BCUT2D eigenvalue weighted by Gasteiger charge is -2.18. The zero-order valence-corrected chi connectivity index (χ0v) is 11.0. The van der Waals surface area contributed by atoms with Crippen molar-refractivity contribution in [2.75, 3.05) is 6.54 Å². The first-order valence-electron chi connectivity index (χ1n) is 6.39. The molecule has 0 saturated heterocycles. The summed E-state index contributed by atoms with van der Waals surface area (Å²) in [6.45, 7) is 3.00. The molecule has 0 aromatic heterocycles. The summed E-state index contributed by atoms with van der Waals surface area (Å²) in [4.78, 5) is 0. The zero-order valence-electron chi connectivity index (χ0n) is 10.3. The Hall–Kier alpha value is -0.730. The van der Waals surface area contributed by atoms with Gasteiger partial charge in [-0.25, -0.2) is 0 Å². The molecule has 0 spiro atoms. The maximum atomic E-state index is 5.83. The summed E-state index contributed by atoms with van der Waals surface area (Å²) >= 11 is 5.83. The molecule has 2 rings (SSSR count). The average Bonchev–Trinajstić information content (AvgIpc) is 2.83. The molecule has 1 aromatic carbocycles. The molecule has 0 heterocycles. The van der Waals surface area contributed by atoms with E-state index in [4.69, 9.17) is 16.3 Å². The summed E-state index contributed by atoms with van der Waals surface area (Å²) in [7, 11) is 0. The molecule has 3 heteroatoms. The summed E-state index contributed by atoms with van der Waals surface area (Å²) in [6.07, 6.45) is 5.55. The first-order chi connectivity index (χ1) is 8.24. The van der Waals surface area contributed by atoms with Gasteiger partial charge < -0.3 is 10.1 Å². The van der Waals surface area contributed by atoms with Crippen LogP contribution in [0.4, 0.5) is 0 Å². The van der Waals surface area contributed by atoms with E-state index >= 15 is 0 Å². The van der Waals surface area contributed by atoms with Gasteiger partial charge in [-0.15, -0.1) is 0 Å². The van der Waals surface area contributed by atoms with Crippen LogP contribution in [0, 0.1) is 0 Å². The quantitative estimate of drug-likeness (QED) is 0.865. The van der Waals surface area contributed by atoms with Gasteiger partial charge in [0, 0.05) is 17.6 Å². The van der Waals surface area contributed by atoms with E-state index in [0.29, 0.717) is 6.04 Å². The Morgan fingerprint density at radius 1 is 1.29 bits per heavy atom. The molecule has 0 amide bonds. The van der Waals surface area contributed by atoms with Crippen LogP contribution in [0.5, 0.6) is 5.75 Å². The predicted octanol–water partition coefficient (Wildman–Crippen LogP) is 3.64. The van der Waals surface area contributed by atoms with Crippen molar-refractivity contribution in [1.29, 1.82) is 0 Å². The van der Waals surface area contributed by atoms with Crippen LogP contribution in [0.1, 0.15) is 32.6 Å². The van der Waals surface area contributed by atoms with Crippen LogP contribution in [0.2, 0.25) is 5.02 Å². The molecule has 17 heavy (non-hydrogen) atoms. The Kier molecular flexibility index (Phi) is 4.69. The highest BCUT2D eigenvalue weighted by Crippen LogP contribution is 2.19. The number of rotatable bonds is 5. The average molecular weight is 254 g/mol. The number of benzene rings is 1. The molecule has 1 fully saturated rings. The second-order valence-corrected chi connectivity index (χ2v) is 5.21. The fourth-order valence-corrected chi connectivity index (χ4v) is 2.38. The fourth-order valence-electron chi connectivity index (χ4n) is 2.25. The Balaban J connectivity index is 1.72. The maximum absolute atomic E-state index is 5.83. The van der Waals surface area contributed by atoms with E-state index in [1.54, 1.807) is 0 Å². The fraction of sp³-hybridized carbons (Fsp3) is 0.571. The first-order valence-corrected chi connectivity index (χ1v) is 6.77. The van der Waals surface area contributed by atoms with Crippen LogP contribution in [-0.2, 0) is 0 Å². The van der Waals surface area contributed by atoms with Crippen molar-refractivity contribution >= 4 is 11.6 Å². The van der Waals surface area contributed by atoms with E-state index in [9.17, 15) is 0 Å². The van der Waals surface area contributed by atoms with Gasteiger partial charge in [0.05, 0.1) is 0 Å². The van der Waals surface area contributed by atoms with Crippen LogP contribution < -0.4 is 10.1 Å². The molecule has 2 nitrogen and oxygen atoms in total. The van der Waals surface area contributed by atoms with Crippen molar-refractivity contribution in [2.24, 2.45) is 0 Å². The molecule has 0 bridgehead atoms. The number of nitrogens with one attached hydrogen (secondary N) is 1. The predicted molar refractivity (Wildman–Crippen MR) is 71.8 cm³/mol. The van der Waals surface area contributed by atoms with Crippen molar-refractivity contribution in [2.45, 2.75) is 44.8 Å². The highest BCUT2D eigenvalue weighted by Gasteiger charge is 2.15. The zero-order chi connectivity index (χ0) is 12.1. The Bertz CT molecular complexity index is 333. The van der Waals surface area contributed by atoms with Gasteiger partial charge in [-0.2, -0.15) is 0 Å². The first kappa shape index (κ1) is 12.7. The van der Waals surface area contributed by atoms with Crippen molar-refractivity contribution in [3.8, 4) is 5.75 Å². The van der Waals surface area contributed by atoms with Crippen LogP contribution in [0.25, 0.3) is 0 Å². The van der Waals surface area contributed by atoms with Crippen molar-refractivity contribution in [1.82, 2.24) is 5.32 Å². The molecule has 1 atom stereocenters. The lowest BCUT2D eigenvalue weighted by atomic mass is 10.2. The van der Waals surface area contributed by atoms with Crippen molar-refractivity contribution in [3.63, 3.8) is 0 Å². The number of ether oxygens (including phenoxy) is 1. The summed E-state index contributed by atoms with van der Waals surface area (Å²) in [5, 5.41) is 4.31. The van der Waals surface area contributed by atoms with Gasteiger partial charge in [0.25, 0.3) is 0 Å². The SMILES string of the molecule is C[C@@H](CNC1CCCC1)Oc1ccc(Cl)cc1. The highest BCUT2D eigenvalue weighted by molar-refractivity contribution is 6.30. The van der Waals surface area contributed by atoms with Crippen LogP contribution in [0.15, 0.2) is 24.3 Å². The molecular weight excluding hydrogens is 234 g/mol. The Morgan fingerprint density at radius 2 is 1.94 bits per heavy atom. The standard InChI is InChI=1S/C14H20ClNO/c1-11(10-16-13-4-2-3-5-13)17-14-8-6-12(15)7-9-14/h6-9,11,13,16H,2-5,10H2,1H3/t11-/m0/s1. The van der Waals surface area contributed by atoms with Gasteiger partial charge >= 0.3 is 0 Å². The van der Waals surface area contributed by atoms with E-state index < -0.39 is 0 Å². The van der Waals surface area contributed by atoms with Crippen LogP contribution in [-0.4, -0.2) is 18.7 Å². The number of hydrogen-bond acceptors (Lipinski definition) is 2. The van der Waals surface area contributed by atoms with Gasteiger partial charge in [-0.3, -0.25) is 0 Å². The Labute approximate surface area is 108 Å². The van der Waals surface area contributed by atoms with Gasteiger partial charge in [0.1, 0.15) is 11.9 Å². The Morgan fingerprint density at radius 3 is 2.59 bits per heavy atom. The largest absolute Gasteiger partial charge is 0.489 e. The van der Waals surface area contributed by atoms with Gasteiger partial charge in [0.2, 0.25) is 0 Å². The van der Waals surface area contributed by atoms with Crippen LogP contribution in [0.3, 0.4) is 0 Å². The minimum absolute atomic E-state index is 0.191. The molecule has 0 unspecified atom stereocenters. The number of hydrogen-bond donors (Lipinski definition) is 1. The second kappa shape index (κ2) is 6.27. The lowest BCUT2D eigenvalue weighted by Crippen LogP contribution is -2.35. The molecule has 94 valence electrons.